The van der Waals surface area contributed by atoms with Gasteiger partial charge in [0.05, 0.1) is 33.1 Å². The second kappa shape index (κ2) is 17.0. The van der Waals surface area contributed by atoms with Crippen LogP contribution in [0.1, 0.15) is 25.0 Å². The smallest absolute Gasteiger partial charge is 0.0541 e. The lowest BCUT2D eigenvalue weighted by Crippen LogP contribution is -2.15. The molecule has 0 radical (unpaired) electrons. The Bertz CT molecular complexity index is 4640. The molecule has 3 aromatic heterocycles. The number of nitrogens with zero attached hydrogens (tertiary/aromatic N) is 3. The Kier molecular flexibility index (Phi) is 9.68. The molecule has 3 heteroatoms. The molecule has 0 atom stereocenters. The van der Waals surface area contributed by atoms with Crippen molar-refractivity contribution in [1.82, 2.24) is 13.7 Å². The molecule has 0 saturated carbocycles. The molecule has 3 heterocycles. The van der Waals surface area contributed by atoms with E-state index in [1.165, 1.54) is 149 Å². The molecular formula is C75H51N3. The fourth-order valence-corrected chi connectivity index (χ4v) is 13.2. The third-order valence-corrected chi connectivity index (χ3v) is 17.1. The SMILES string of the molecule is CC1(C)c2ccccc2-c2ccc(-n3c4ccc(-c5ccc(-c6ccc7c(c6)c6ccccc6n7-c6ccccc6)cc5)cc4c4cc(-c5ccc(-c6ccc7c(c6)c6ccccc6n7-c6ccccc6)cc5)ccc43)cc21. The van der Waals surface area contributed by atoms with Gasteiger partial charge in [0, 0.05) is 54.8 Å². The molecule has 0 fully saturated rings. The van der Waals surface area contributed by atoms with Crippen molar-refractivity contribution in [3.05, 3.63) is 284 Å². The summed E-state index contributed by atoms with van der Waals surface area (Å²) in [5.41, 5.74) is 25.6. The molecule has 0 bridgehead atoms. The summed E-state index contributed by atoms with van der Waals surface area (Å²) in [6, 6.07) is 101. The van der Waals surface area contributed by atoms with E-state index in [9.17, 15) is 0 Å². The van der Waals surface area contributed by atoms with Crippen LogP contribution in [0, 0.1) is 0 Å². The number of rotatable bonds is 7. The Morgan fingerprint density at radius 3 is 0.974 bits per heavy atom. The third-order valence-electron chi connectivity index (χ3n) is 17.1. The Balaban J connectivity index is 0.790. The molecule has 16 rings (SSSR count). The van der Waals surface area contributed by atoms with Gasteiger partial charge in [-0.25, -0.2) is 0 Å². The number of para-hydroxylation sites is 4. The zero-order valence-corrected chi connectivity index (χ0v) is 43.3. The van der Waals surface area contributed by atoms with E-state index in [2.05, 4.69) is 301 Å². The summed E-state index contributed by atoms with van der Waals surface area (Å²) in [6.07, 6.45) is 0. The van der Waals surface area contributed by atoms with Crippen LogP contribution in [0.2, 0.25) is 0 Å². The average Bonchev–Trinajstić information content (AvgIpc) is 4.28. The zero-order chi connectivity index (χ0) is 51.6. The van der Waals surface area contributed by atoms with Crippen LogP contribution in [-0.4, -0.2) is 13.7 Å². The summed E-state index contributed by atoms with van der Waals surface area (Å²) in [7, 11) is 0. The van der Waals surface area contributed by atoms with E-state index in [0.29, 0.717) is 0 Å². The summed E-state index contributed by atoms with van der Waals surface area (Å²) in [4.78, 5) is 0. The average molecular weight is 994 g/mol. The van der Waals surface area contributed by atoms with Crippen LogP contribution in [0.15, 0.2) is 273 Å². The second-order valence-electron chi connectivity index (χ2n) is 21.7. The van der Waals surface area contributed by atoms with Crippen molar-refractivity contribution in [2.45, 2.75) is 19.3 Å². The van der Waals surface area contributed by atoms with Crippen LogP contribution in [0.4, 0.5) is 0 Å². The predicted molar refractivity (Wildman–Crippen MR) is 329 cm³/mol. The van der Waals surface area contributed by atoms with E-state index in [1.54, 1.807) is 0 Å². The molecule has 3 nitrogen and oxygen atoms in total. The first kappa shape index (κ1) is 44.3. The quantitative estimate of drug-likeness (QED) is 0.151. The van der Waals surface area contributed by atoms with Gasteiger partial charge in [0.25, 0.3) is 0 Å². The first-order valence-corrected chi connectivity index (χ1v) is 27.1. The van der Waals surface area contributed by atoms with Gasteiger partial charge >= 0.3 is 0 Å². The minimum Gasteiger partial charge on any atom is -0.309 e. The summed E-state index contributed by atoms with van der Waals surface area (Å²) < 4.78 is 7.24. The molecule has 1 aliphatic rings. The standard InChI is InChI=1S/C75H51N3/c1-75(2)67-22-12-9-19-59(67)60-38-37-58(47-68(60)75)78-73-41-35-54(50-29-25-48(26-30-50)52-33-39-71-63(43-52)61-20-10-13-23-69(61)76(71)56-15-5-3-6-16-56)45-65(73)66-46-55(36-42-74(66)78)51-31-27-49(28-32-51)53-34-40-72-64(44-53)62-21-11-14-24-70(62)77(72)57-17-7-4-8-18-57/h3-47H,1-2H3. The normalized spacial score (nSPS) is 12.8. The molecule has 0 aliphatic heterocycles. The van der Waals surface area contributed by atoms with Crippen molar-refractivity contribution in [1.29, 1.82) is 0 Å². The van der Waals surface area contributed by atoms with E-state index < -0.39 is 0 Å². The molecule has 12 aromatic carbocycles. The van der Waals surface area contributed by atoms with Crippen molar-refractivity contribution in [2.24, 2.45) is 0 Å². The first-order valence-electron chi connectivity index (χ1n) is 27.1. The fourth-order valence-electron chi connectivity index (χ4n) is 13.2. The maximum atomic E-state index is 2.49. The number of hydrogen-bond donors (Lipinski definition) is 0. The van der Waals surface area contributed by atoms with Gasteiger partial charge in [-0.15, -0.1) is 0 Å². The highest BCUT2D eigenvalue weighted by molar-refractivity contribution is 6.13. The van der Waals surface area contributed by atoms with Crippen molar-refractivity contribution < 1.29 is 0 Å². The van der Waals surface area contributed by atoms with Crippen LogP contribution in [-0.2, 0) is 5.41 Å². The van der Waals surface area contributed by atoms with Gasteiger partial charge in [-0.2, -0.15) is 0 Å². The van der Waals surface area contributed by atoms with E-state index in [1.807, 2.05) is 0 Å². The zero-order valence-electron chi connectivity index (χ0n) is 43.3. The van der Waals surface area contributed by atoms with Gasteiger partial charge in [0.2, 0.25) is 0 Å². The molecule has 0 saturated heterocycles. The lowest BCUT2D eigenvalue weighted by Gasteiger charge is -2.22. The molecule has 78 heavy (non-hydrogen) atoms. The van der Waals surface area contributed by atoms with E-state index in [0.717, 1.165) is 0 Å². The maximum absolute atomic E-state index is 2.49. The molecule has 0 amide bonds. The van der Waals surface area contributed by atoms with Gasteiger partial charge in [-0.1, -0.05) is 190 Å². The highest BCUT2D eigenvalue weighted by Gasteiger charge is 2.35. The van der Waals surface area contributed by atoms with Gasteiger partial charge in [-0.3, -0.25) is 0 Å². The molecular weight excluding hydrogens is 943 g/mol. The second-order valence-corrected chi connectivity index (χ2v) is 21.7. The molecule has 15 aromatic rings. The van der Waals surface area contributed by atoms with Crippen molar-refractivity contribution >= 4 is 65.4 Å². The Morgan fingerprint density at radius 1 is 0.218 bits per heavy atom. The number of fused-ring (bicyclic) bond motifs is 12. The van der Waals surface area contributed by atoms with Crippen molar-refractivity contribution in [2.75, 3.05) is 0 Å². The Morgan fingerprint density at radius 2 is 0.538 bits per heavy atom. The monoisotopic (exact) mass is 993 g/mol. The Hall–Kier alpha value is -9.96. The molecule has 366 valence electrons. The lowest BCUT2D eigenvalue weighted by atomic mass is 9.82. The van der Waals surface area contributed by atoms with Crippen molar-refractivity contribution in [3.63, 3.8) is 0 Å². The third kappa shape index (κ3) is 6.71. The van der Waals surface area contributed by atoms with Crippen LogP contribution < -0.4 is 0 Å². The first-order chi connectivity index (χ1) is 38.4. The van der Waals surface area contributed by atoms with Gasteiger partial charge in [-0.05, 0) is 164 Å². The lowest BCUT2D eigenvalue weighted by molar-refractivity contribution is 0.660. The largest absolute Gasteiger partial charge is 0.309 e. The van der Waals surface area contributed by atoms with Gasteiger partial charge in [0.1, 0.15) is 0 Å². The summed E-state index contributed by atoms with van der Waals surface area (Å²) in [6.45, 7) is 4.74. The highest BCUT2D eigenvalue weighted by atomic mass is 15.0. The number of benzene rings is 12. The summed E-state index contributed by atoms with van der Waals surface area (Å²) in [5, 5.41) is 7.49. The summed E-state index contributed by atoms with van der Waals surface area (Å²) >= 11 is 0. The molecule has 0 unspecified atom stereocenters. The van der Waals surface area contributed by atoms with Gasteiger partial charge < -0.3 is 13.7 Å². The van der Waals surface area contributed by atoms with Crippen LogP contribution in [0.5, 0.6) is 0 Å². The minimum atomic E-state index is -0.112. The van der Waals surface area contributed by atoms with E-state index in [-0.39, 0.29) is 5.41 Å². The minimum absolute atomic E-state index is 0.112. The Labute approximate surface area is 452 Å². The number of aromatic nitrogens is 3. The summed E-state index contributed by atoms with van der Waals surface area (Å²) in [5.74, 6) is 0. The topological polar surface area (TPSA) is 14.8 Å². The maximum Gasteiger partial charge on any atom is 0.0541 e. The van der Waals surface area contributed by atoms with Crippen LogP contribution >= 0.6 is 0 Å². The van der Waals surface area contributed by atoms with E-state index >= 15 is 0 Å². The fraction of sp³-hybridized carbons (Fsp3) is 0.0400. The van der Waals surface area contributed by atoms with Gasteiger partial charge in [0.15, 0.2) is 0 Å². The molecule has 0 spiro atoms. The highest BCUT2D eigenvalue weighted by Crippen LogP contribution is 2.50. The van der Waals surface area contributed by atoms with Crippen molar-refractivity contribution in [3.8, 4) is 72.7 Å². The van der Waals surface area contributed by atoms with Crippen LogP contribution in [0.3, 0.4) is 0 Å². The van der Waals surface area contributed by atoms with E-state index in [4.69, 9.17) is 0 Å². The predicted octanol–water partition coefficient (Wildman–Crippen LogP) is 20.0. The van der Waals surface area contributed by atoms with Crippen LogP contribution in [0.25, 0.3) is 138 Å². The number of hydrogen-bond acceptors (Lipinski definition) is 0. The molecule has 1 aliphatic carbocycles. The molecule has 0 N–H and O–H groups in total.